The van der Waals surface area contributed by atoms with Crippen LogP contribution in [0.5, 0.6) is 0 Å². The summed E-state index contributed by atoms with van der Waals surface area (Å²) >= 11 is 0. The smallest absolute Gasteiger partial charge is 0.337 e. The maximum absolute atomic E-state index is 12.9. The van der Waals surface area contributed by atoms with Crippen LogP contribution in [0.3, 0.4) is 0 Å². The van der Waals surface area contributed by atoms with Crippen LogP contribution in [0.15, 0.2) is 47.4 Å². The predicted molar refractivity (Wildman–Crippen MR) is 129 cm³/mol. The molecule has 3 rings (SSSR count). The predicted octanol–water partition coefficient (Wildman–Crippen LogP) is 4.35. The van der Waals surface area contributed by atoms with Gasteiger partial charge in [-0.3, -0.25) is 9.40 Å². The van der Waals surface area contributed by atoms with Crippen molar-refractivity contribution in [2.45, 2.75) is 52.1 Å². The van der Waals surface area contributed by atoms with Crippen LogP contribution in [-0.4, -0.2) is 36.3 Å². The van der Waals surface area contributed by atoms with Gasteiger partial charge < -0.3 is 10.0 Å². The average Bonchev–Trinajstić information content (AvgIpc) is 3.05. The molecule has 0 saturated carbocycles. The molecule has 0 aliphatic rings. The second kappa shape index (κ2) is 9.66. The number of hydrogen-bond donors (Lipinski definition) is 2. The van der Waals surface area contributed by atoms with Crippen LogP contribution in [0.4, 0.5) is 11.4 Å². The van der Waals surface area contributed by atoms with Crippen molar-refractivity contribution in [2.24, 2.45) is 0 Å². The first-order valence-corrected chi connectivity index (χ1v) is 12.2. The minimum Gasteiger partial charge on any atom is -0.478 e. The summed E-state index contributed by atoms with van der Waals surface area (Å²) in [5.41, 5.74) is 4.23. The van der Waals surface area contributed by atoms with E-state index in [1.807, 2.05) is 42.5 Å². The first kappa shape index (κ1) is 24.3. The van der Waals surface area contributed by atoms with Crippen molar-refractivity contribution in [3.05, 3.63) is 70.5 Å². The van der Waals surface area contributed by atoms with Gasteiger partial charge in [-0.25, -0.2) is 13.2 Å². The Bertz CT molecular complexity index is 1260. The van der Waals surface area contributed by atoms with Crippen LogP contribution in [0.1, 0.15) is 46.2 Å². The average molecular weight is 471 g/mol. The zero-order chi connectivity index (χ0) is 24.3. The van der Waals surface area contributed by atoms with Gasteiger partial charge in [0.05, 0.1) is 34.1 Å². The van der Waals surface area contributed by atoms with Gasteiger partial charge >= 0.3 is 5.97 Å². The summed E-state index contributed by atoms with van der Waals surface area (Å²) in [6.45, 7) is 8.90. The number of anilines is 2. The molecule has 1 aromatic heterocycles. The number of carboxylic acids is 1. The second-order valence-corrected chi connectivity index (χ2v) is 10.0. The molecular formula is C24H30N4O4S. The molecule has 2 N–H and O–H groups in total. The molecule has 0 atom stereocenters. The molecule has 0 amide bonds. The van der Waals surface area contributed by atoms with Crippen molar-refractivity contribution < 1.29 is 18.3 Å². The molecule has 1 heterocycles. The van der Waals surface area contributed by atoms with Gasteiger partial charge in [-0.15, -0.1) is 0 Å². The SMILES string of the molecule is CCCn1nc(C)cc1CN(C)c1ccc(NS(=O)(=O)c2cc(C)cc(C)c2)cc1C(=O)O. The molecule has 176 valence electrons. The van der Waals surface area contributed by atoms with E-state index in [1.165, 1.54) is 6.07 Å². The number of hydrogen-bond acceptors (Lipinski definition) is 5. The fraction of sp³-hybridized carbons (Fsp3) is 0.333. The van der Waals surface area contributed by atoms with Crippen LogP contribution in [0, 0.1) is 20.8 Å². The number of aryl methyl sites for hydroxylation is 4. The van der Waals surface area contributed by atoms with E-state index >= 15 is 0 Å². The minimum absolute atomic E-state index is 0.0106. The van der Waals surface area contributed by atoms with Crippen molar-refractivity contribution in [3.8, 4) is 0 Å². The van der Waals surface area contributed by atoms with E-state index in [4.69, 9.17) is 0 Å². The Morgan fingerprint density at radius 1 is 1.09 bits per heavy atom. The molecule has 0 bridgehead atoms. The number of nitrogens with one attached hydrogen (secondary N) is 1. The van der Waals surface area contributed by atoms with Crippen molar-refractivity contribution in [2.75, 3.05) is 16.7 Å². The summed E-state index contributed by atoms with van der Waals surface area (Å²) in [7, 11) is -2.05. The van der Waals surface area contributed by atoms with Crippen LogP contribution in [0.2, 0.25) is 0 Å². The van der Waals surface area contributed by atoms with Crippen LogP contribution >= 0.6 is 0 Å². The molecule has 0 fully saturated rings. The third-order valence-electron chi connectivity index (χ3n) is 5.22. The molecule has 0 aliphatic heterocycles. The monoisotopic (exact) mass is 470 g/mol. The third kappa shape index (κ3) is 5.73. The lowest BCUT2D eigenvalue weighted by Gasteiger charge is -2.22. The summed E-state index contributed by atoms with van der Waals surface area (Å²) in [4.78, 5) is 14.0. The lowest BCUT2D eigenvalue weighted by Crippen LogP contribution is -2.22. The Labute approximate surface area is 194 Å². The van der Waals surface area contributed by atoms with Crippen molar-refractivity contribution in [3.63, 3.8) is 0 Å². The number of carbonyl (C=O) groups is 1. The van der Waals surface area contributed by atoms with E-state index in [9.17, 15) is 18.3 Å². The lowest BCUT2D eigenvalue weighted by atomic mass is 10.1. The molecule has 0 unspecified atom stereocenters. The van der Waals surface area contributed by atoms with E-state index in [0.29, 0.717) is 12.2 Å². The highest BCUT2D eigenvalue weighted by Crippen LogP contribution is 2.27. The largest absolute Gasteiger partial charge is 0.478 e. The van der Waals surface area contributed by atoms with E-state index in [-0.39, 0.29) is 16.1 Å². The van der Waals surface area contributed by atoms with Gasteiger partial charge in [0.2, 0.25) is 0 Å². The highest BCUT2D eigenvalue weighted by molar-refractivity contribution is 7.92. The summed E-state index contributed by atoms with van der Waals surface area (Å²) in [5.74, 6) is -1.14. The highest BCUT2D eigenvalue weighted by Gasteiger charge is 2.20. The lowest BCUT2D eigenvalue weighted by molar-refractivity contribution is 0.0697. The number of benzene rings is 2. The molecule has 0 radical (unpaired) electrons. The molecule has 0 spiro atoms. The molecule has 9 heteroatoms. The van der Waals surface area contributed by atoms with Crippen molar-refractivity contribution in [1.29, 1.82) is 0 Å². The minimum atomic E-state index is -3.86. The Kier molecular flexibility index (Phi) is 7.12. The Morgan fingerprint density at radius 3 is 2.36 bits per heavy atom. The normalized spacial score (nSPS) is 11.4. The number of sulfonamides is 1. The number of nitrogens with zero attached hydrogens (tertiary/aromatic N) is 3. The Hall–Kier alpha value is -3.33. The van der Waals surface area contributed by atoms with Gasteiger partial charge in [-0.05, 0) is 74.7 Å². The molecular weight excluding hydrogens is 440 g/mol. The second-order valence-electron chi connectivity index (χ2n) is 8.32. The van der Waals surface area contributed by atoms with Gasteiger partial charge in [-0.2, -0.15) is 5.10 Å². The topological polar surface area (TPSA) is 105 Å². The Balaban J connectivity index is 1.90. The fourth-order valence-corrected chi connectivity index (χ4v) is 5.10. The molecule has 33 heavy (non-hydrogen) atoms. The molecule has 0 saturated heterocycles. The van der Waals surface area contributed by atoms with E-state index in [2.05, 4.69) is 16.7 Å². The van der Waals surface area contributed by atoms with Crippen LogP contribution < -0.4 is 9.62 Å². The summed E-state index contributed by atoms with van der Waals surface area (Å²) < 4.78 is 30.2. The molecule has 0 aliphatic carbocycles. The number of aromatic carboxylic acids is 1. The maximum atomic E-state index is 12.9. The fourth-order valence-electron chi connectivity index (χ4n) is 3.87. The zero-order valence-electron chi connectivity index (χ0n) is 19.6. The maximum Gasteiger partial charge on any atom is 0.337 e. The standard InChI is InChI=1S/C24H30N4O4S/c1-6-9-28-20(13-18(4)25-28)15-27(5)23-8-7-19(14-22(23)24(29)30)26-33(31,32)21-11-16(2)10-17(3)12-21/h7-8,10-14,26H,6,9,15H2,1-5H3,(H,29,30). The van der Waals surface area contributed by atoms with Crippen molar-refractivity contribution >= 4 is 27.4 Å². The molecule has 3 aromatic rings. The van der Waals surface area contributed by atoms with E-state index in [0.717, 1.165) is 35.5 Å². The van der Waals surface area contributed by atoms with Gasteiger partial charge in [0, 0.05) is 19.3 Å². The Morgan fingerprint density at radius 2 is 1.76 bits per heavy atom. The van der Waals surface area contributed by atoms with Gasteiger partial charge in [0.25, 0.3) is 10.0 Å². The van der Waals surface area contributed by atoms with Crippen molar-refractivity contribution in [1.82, 2.24) is 9.78 Å². The van der Waals surface area contributed by atoms with Crippen LogP contribution in [0.25, 0.3) is 0 Å². The van der Waals surface area contributed by atoms with Gasteiger partial charge in [-0.1, -0.05) is 13.0 Å². The molecule has 8 nitrogen and oxygen atoms in total. The first-order chi connectivity index (χ1) is 15.5. The molecule has 2 aromatic carbocycles. The highest BCUT2D eigenvalue weighted by atomic mass is 32.2. The first-order valence-electron chi connectivity index (χ1n) is 10.7. The van der Waals surface area contributed by atoms with Gasteiger partial charge in [0.1, 0.15) is 0 Å². The summed E-state index contributed by atoms with van der Waals surface area (Å²) in [6, 6.07) is 11.6. The van der Waals surface area contributed by atoms with E-state index in [1.54, 1.807) is 31.3 Å². The quantitative estimate of drug-likeness (QED) is 0.482. The number of rotatable bonds is 9. The third-order valence-corrected chi connectivity index (χ3v) is 6.58. The zero-order valence-corrected chi connectivity index (χ0v) is 20.4. The van der Waals surface area contributed by atoms with E-state index < -0.39 is 16.0 Å². The summed E-state index contributed by atoms with van der Waals surface area (Å²) in [6.07, 6.45) is 0.938. The van der Waals surface area contributed by atoms with Gasteiger partial charge in [0.15, 0.2) is 0 Å². The van der Waals surface area contributed by atoms with Crippen LogP contribution in [-0.2, 0) is 23.1 Å². The summed E-state index contributed by atoms with van der Waals surface area (Å²) in [5, 5.41) is 14.3. The number of carboxylic acid groups (broad SMARTS) is 1. The number of aromatic nitrogens is 2.